The molecule has 0 saturated carbocycles. The third-order valence-electron chi connectivity index (χ3n) is 7.72. The largest absolute Gasteiger partial charge is 0.416 e. The van der Waals surface area contributed by atoms with E-state index in [1.165, 1.54) is 15.9 Å². The molecule has 0 aliphatic carbocycles. The second-order valence-electron chi connectivity index (χ2n) is 10.3. The predicted octanol–water partition coefficient (Wildman–Crippen LogP) is 4.10. The number of nitrogens with zero attached hydrogens (tertiary/aromatic N) is 5. The summed E-state index contributed by atoms with van der Waals surface area (Å²) in [6.07, 6.45) is -1.65. The van der Waals surface area contributed by atoms with Crippen molar-refractivity contribution in [2.45, 2.75) is 37.4 Å². The van der Waals surface area contributed by atoms with Crippen molar-refractivity contribution >= 4 is 17.7 Å². The van der Waals surface area contributed by atoms with Gasteiger partial charge in [0, 0.05) is 43.2 Å². The van der Waals surface area contributed by atoms with E-state index in [9.17, 15) is 22.8 Å². The minimum atomic E-state index is -4.73. The van der Waals surface area contributed by atoms with Crippen LogP contribution in [0, 0.1) is 0 Å². The van der Waals surface area contributed by atoms with Crippen LogP contribution in [0.15, 0.2) is 42.7 Å². The molecule has 0 radical (unpaired) electrons. The summed E-state index contributed by atoms with van der Waals surface area (Å²) in [6.45, 7) is 1.62. The highest BCUT2D eigenvalue weighted by Crippen LogP contribution is 2.42. The van der Waals surface area contributed by atoms with Crippen molar-refractivity contribution in [1.29, 1.82) is 0 Å². The molecular formula is C27H26F3N5O4. The fourth-order valence-corrected chi connectivity index (χ4v) is 5.46. The number of rotatable bonds is 5. The van der Waals surface area contributed by atoms with E-state index < -0.39 is 23.7 Å². The van der Waals surface area contributed by atoms with Gasteiger partial charge in [-0.2, -0.15) is 13.2 Å². The Kier molecular flexibility index (Phi) is 6.09. The number of carbonyl (C=O) groups excluding carboxylic acids is 2. The summed E-state index contributed by atoms with van der Waals surface area (Å²) >= 11 is 0. The molecule has 3 aliphatic heterocycles. The third kappa shape index (κ3) is 4.52. The van der Waals surface area contributed by atoms with E-state index in [0.29, 0.717) is 38.4 Å². The van der Waals surface area contributed by atoms with Crippen LogP contribution in [0.5, 0.6) is 5.75 Å². The lowest BCUT2D eigenvalue weighted by Crippen LogP contribution is -2.49. The number of carbonyl (C=O) groups is 2. The van der Waals surface area contributed by atoms with Gasteiger partial charge in [-0.1, -0.05) is 12.1 Å². The third-order valence-corrected chi connectivity index (χ3v) is 7.72. The van der Waals surface area contributed by atoms with Gasteiger partial charge in [0.15, 0.2) is 0 Å². The van der Waals surface area contributed by atoms with Gasteiger partial charge < -0.3 is 23.8 Å². The number of aryl methyl sites for hydroxylation is 1. The number of likely N-dealkylation sites (tertiary alicyclic amines) is 1. The fraction of sp³-hybridized carbons (Fsp3) is 0.407. The summed E-state index contributed by atoms with van der Waals surface area (Å²) in [6, 6.07) is 9.27. The van der Waals surface area contributed by atoms with Crippen LogP contribution in [0.4, 0.5) is 23.7 Å². The van der Waals surface area contributed by atoms with Crippen LogP contribution >= 0.6 is 0 Å². The van der Waals surface area contributed by atoms with Crippen LogP contribution in [0.2, 0.25) is 0 Å². The maximum Gasteiger partial charge on any atom is 0.416 e. The summed E-state index contributed by atoms with van der Waals surface area (Å²) < 4.78 is 55.0. The van der Waals surface area contributed by atoms with Gasteiger partial charge in [0.2, 0.25) is 0 Å². The molecule has 2 saturated heterocycles. The Morgan fingerprint density at radius 3 is 2.56 bits per heavy atom. The maximum atomic E-state index is 14.1. The maximum absolute atomic E-state index is 14.1. The average molecular weight is 542 g/mol. The first kappa shape index (κ1) is 25.4. The Labute approximate surface area is 222 Å². The van der Waals surface area contributed by atoms with Crippen LogP contribution in [0.3, 0.4) is 0 Å². The zero-order valence-electron chi connectivity index (χ0n) is 21.2. The summed E-state index contributed by atoms with van der Waals surface area (Å²) in [4.78, 5) is 28.7. The molecule has 0 atom stereocenters. The molecule has 204 valence electrons. The molecule has 1 aromatic heterocycles. The van der Waals surface area contributed by atoms with E-state index in [-0.39, 0.29) is 28.8 Å². The molecule has 0 spiro atoms. The fourth-order valence-electron chi connectivity index (χ4n) is 5.46. The Bertz CT molecular complexity index is 1440. The standard InChI is InChI=1S/C27H26F3N5O4/c1-33-16-31-32-23(33)12-26(14-38-15-26)17-5-4-6-18(9-17)35-13-21-20(24(35)36)10-19(11-22(21)27(28,29)30)39-25(37)34-7-2-3-8-34/h4-6,9-11,16H,2-3,7-8,12-15H2,1H3. The summed E-state index contributed by atoms with van der Waals surface area (Å²) in [5, 5.41) is 8.12. The van der Waals surface area contributed by atoms with Gasteiger partial charge >= 0.3 is 12.3 Å². The SMILES string of the molecule is Cn1cnnc1CC1(c2cccc(N3Cc4c(cc(OC(=O)N5CCCC5)cc4C(F)(F)F)C3=O)c2)COC1. The van der Waals surface area contributed by atoms with E-state index >= 15 is 0 Å². The number of amides is 2. The molecule has 0 bridgehead atoms. The molecule has 12 heteroatoms. The molecule has 0 N–H and O–H groups in total. The van der Waals surface area contributed by atoms with Crippen molar-refractivity contribution in [2.24, 2.45) is 7.05 Å². The summed E-state index contributed by atoms with van der Waals surface area (Å²) in [5.41, 5.74) is -0.265. The van der Waals surface area contributed by atoms with Crippen molar-refractivity contribution in [2.75, 3.05) is 31.2 Å². The lowest BCUT2D eigenvalue weighted by Gasteiger charge is -2.42. The molecule has 2 aromatic carbocycles. The number of alkyl halides is 3. The minimum absolute atomic E-state index is 0.125. The minimum Gasteiger partial charge on any atom is -0.410 e. The van der Waals surface area contributed by atoms with Gasteiger partial charge in [0.25, 0.3) is 5.91 Å². The van der Waals surface area contributed by atoms with Crippen LogP contribution < -0.4 is 9.64 Å². The Morgan fingerprint density at radius 1 is 1.15 bits per heavy atom. The molecule has 3 aromatic rings. The Hall–Kier alpha value is -3.93. The number of benzene rings is 2. The van der Waals surface area contributed by atoms with Crippen molar-refractivity contribution in [3.63, 3.8) is 0 Å². The van der Waals surface area contributed by atoms with E-state index in [2.05, 4.69) is 10.2 Å². The van der Waals surface area contributed by atoms with E-state index in [4.69, 9.17) is 9.47 Å². The van der Waals surface area contributed by atoms with E-state index in [1.807, 2.05) is 23.7 Å². The molecule has 3 aliphatic rings. The molecule has 39 heavy (non-hydrogen) atoms. The highest BCUT2D eigenvalue weighted by atomic mass is 19.4. The number of hydrogen-bond acceptors (Lipinski definition) is 6. The molecular weight excluding hydrogens is 515 g/mol. The van der Waals surface area contributed by atoms with Crippen LogP contribution in [-0.2, 0) is 36.3 Å². The van der Waals surface area contributed by atoms with Crippen molar-refractivity contribution in [3.8, 4) is 5.75 Å². The quantitative estimate of drug-likeness (QED) is 0.483. The van der Waals surface area contributed by atoms with Gasteiger partial charge in [-0.05, 0) is 48.2 Å². The van der Waals surface area contributed by atoms with Gasteiger partial charge in [-0.15, -0.1) is 10.2 Å². The number of anilines is 1. The smallest absolute Gasteiger partial charge is 0.410 e. The van der Waals surface area contributed by atoms with E-state index in [1.54, 1.807) is 18.5 Å². The highest BCUT2D eigenvalue weighted by molar-refractivity contribution is 6.10. The summed E-state index contributed by atoms with van der Waals surface area (Å²) in [5.74, 6) is -0.103. The van der Waals surface area contributed by atoms with E-state index in [0.717, 1.165) is 30.3 Å². The van der Waals surface area contributed by atoms with Gasteiger partial charge in [0.1, 0.15) is 17.9 Å². The normalized spacial score (nSPS) is 18.3. The Morgan fingerprint density at radius 2 is 1.92 bits per heavy atom. The van der Waals surface area contributed by atoms with Gasteiger partial charge in [-0.25, -0.2) is 4.79 Å². The van der Waals surface area contributed by atoms with Crippen LogP contribution in [-0.4, -0.2) is 58.0 Å². The first-order chi connectivity index (χ1) is 18.6. The van der Waals surface area contributed by atoms with Crippen LogP contribution in [0.1, 0.15) is 45.7 Å². The second-order valence-corrected chi connectivity index (χ2v) is 10.3. The predicted molar refractivity (Wildman–Crippen MR) is 132 cm³/mol. The highest BCUT2D eigenvalue weighted by Gasteiger charge is 2.44. The first-order valence-electron chi connectivity index (χ1n) is 12.7. The first-order valence-corrected chi connectivity index (χ1v) is 12.7. The molecule has 4 heterocycles. The van der Waals surface area contributed by atoms with Crippen LogP contribution in [0.25, 0.3) is 0 Å². The van der Waals surface area contributed by atoms with Crippen molar-refractivity contribution in [3.05, 3.63) is 70.8 Å². The number of ether oxygens (including phenoxy) is 2. The molecule has 6 rings (SSSR count). The number of fused-ring (bicyclic) bond motifs is 1. The molecule has 0 unspecified atom stereocenters. The van der Waals surface area contributed by atoms with Crippen molar-refractivity contribution < 1.29 is 32.2 Å². The lowest BCUT2D eigenvalue weighted by atomic mass is 9.75. The lowest BCUT2D eigenvalue weighted by molar-refractivity contribution is -0.138. The number of aromatic nitrogens is 3. The topological polar surface area (TPSA) is 89.8 Å². The molecule has 2 amide bonds. The average Bonchev–Trinajstić information content (AvgIpc) is 3.62. The summed E-state index contributed by atoms with van der Waals surface area (Å²) in [7, 11) is 1.86. The zero-order chi connectivity index (χ0) is 27.4. The second kappa shape index (κ2) is 9.37. The number of hydrogen-bond donors (Lipinski definition) is 0. The van der Waals surface area contributed by atoms with Crippen molar-refractivity contribution in [1.82, 2.24) is 19.7 Å². The van der Waals surface area contributed by atoms with Gasteiger partial charge in [0.05, 0.1) is 25.3 Å². The van der Waals surface area contributed by atoms with Gasteiger partial charge in [-0.3, -0.25) is 4.79 Å². The molecule has 2 fully saturated rings. The monoisotopic (exact) mass is 541 g/mol. The Balaban J connectivity index is 1.31. The zero-order valence-corrected chi connectivity index (χ0v) is 21.2. The molecule has 9 nitrogen and oxygen atoms in total. The number of halogens is 3.